The van der Waals surface area contributed by atoms with E-state index in [0.717, 1.165) is 5.54 Å². The molecule has 3 aromatic rings. The Balaban J connectivity index is 0.000000218. The van der Waals surface area contributed by atoms with Gasteiger partial charge in [0, 0.05) is 10.4 Å². The van der Waals surface area contributed by atoms with Crippen molar-refractivity contribution in [3.05, 3.63) is 92.2 Å². The third-order valence-corrected chi connectivity index (χ3v) is 15.2. The van der Waals surface area contributed by atoms with Crippen molar-refractivity contribution in [2.75, 3.05) is 0 Å². The number of benzene rings is 2. The van der Waals surface area contributed by atoms with E-state index >= 15 is 0 Å². The zero-order chi connectivity index (χ0) is 24.0. The predicted molar refractivity (Wildman–Crippen MR) is 149 cm³/mol. The zero-order valence-electron chi connectivity index (χ0n) is 21.9. The number of fused-ring (bicyclic) bond motifs is 1. The first kappa shape index (κ1) is 29.9. The molecule has 2 unspecified atom stereocenters. The Bertz CT molecular complexity index is 1290. The van der Waals surface area contributed by atoms with Crippen LogP contribution in [0.25, 0.3) is 22.4 Å². The molecule has 0 saturated carbocycles. The number of allylic oxidation sites excluding steroid dienone is 2. The van der Waals surface area contributed by atoms with Gasteiger partial charge >= 0.3 is 143 Å². The average molecular weight is 630 g/mol. The van der Waals surface area contributed by atoms with Gasteiger partial charge in [0.25, 0.3) is 0 Å². The minimum Gasteiger partial charge on any atom is -1.00 e. The molecule has 2 bridgehead atoms. The molecule has 187 valence electrons. The molecule has 0 amide bonds. The number of halogens is 2. The monoisotopic (exact) mass is 627 g/mol. The van der Waals surface area contributed by atoms with Gasteiger partial charge in [-0.2, -0.15) is 0 Å². The second kappa shape index (κ2) is 12.0. The molecular formula is C31H35Cl2SSiZr. The van der Waals surface area contributed by atoms with Crippen molar-refractivity contribution < 1.29 is 49.5 Å². The number of hydrogen-bond donors (Lipinski definition) is 0. The first-order chi connectivity index (χ1) is 16.3. The van der Waals surface area contributed by atoms with Crippen LogP contribution in [0.1, 0.15) is 76.3 Å². The molecule has 2 aliphatic carbocycles. The Morgan fingerprint density at radius 3 is 2.28 bits per heavy atom. The molecular weight excluding hydrogens is 595 g/mol. The van der Waals surface area contributed by atoms with Gasteiger partial charge in [0.2, 0.25) is 0 Å². The summed E-state index contributed by atoms with van der Waals surface area (Å²) in [5, 5.41) is 4.02. The minimum absolute atomic E-state index is 0. The van der Waals surface area contributed by atoms with Gasteiger partial charge in [-0.3, -0.25) is 0 Å². The number of rotatable bonds is 5. The van der Waals surface area contributed by atoms with Gasteiger partial charge < -0.3 is 24.8 Å². The predicted octanol–water partition coefficient (Wildman–Crippen LogP) is 3.52. The molecule has 7 rings (SSSR count). The van der Waals surface area contributed by atoms with Crippen LogP contribution in [0.2, 0.25) is 13.1 Å². The molecule has 36 heavy (non-hydrogen) atoms. The van der Waals surface area contributed by atoms with Gasteiger partial charge in [0.05, 0.1) is 8.07 Å². The molecule has 0 saturated heterocycles. The Kier molecular flexibility index (Phi) is 9.95. The van der Waals surface area contributed by atoms with Gasteiger partial charge in [-0.1, -0.05) is 25.6 Å². The summed E-state index contributed by atoms with van der Waals surface area (Å²) in [7, 11) is -0.972. The number of aryl methyl sites for hydroxylation is 1. The van der Waals surface area contributed by atoms with Crippen LogP contribution in [0.15, 0.2) is 65.1 Å². The van der Waals surface area contributed by atoms with Gasteiger partial charge in [-0.25, -0.2) is 0 Å². The van der Waals surface area contributed by atoms with Crippen molar-refractivity contribution in [3.63, 3.8) is 0 Å². The van der Waals surface area contributed by atoms with E-state index in [2.05, 4.69) is 93.9 Å². The van der Waals surface area contributed by atoms with Gasteiger partial charge in [0.15, 0.2) is 0 Å². The van der Waals surface area contributed by atoms with E-state index in [1.165, 1.54) is 59.1 Å². The summed E-state index contributed by atoms with van der Waals surface area (Å²) in [6, 6.07) is 18.3. The van der Waals surface area contributed by atoms with Gasteiger partial charge in [-0.15, -0.1) is 11.3 Å². The molecule has 2 aliphatic heterocycles. The number of unbranched alkanes of at least 4 members (excludes halogenated alkanes) is 2. The summed E-state index contributed by atoms with van der Waals surface area (Å²) in [6.07, 6.45) is 7.53. The Morgan fingerprint density at radius 1 is 0.917 bits per heavy atom. The maximum atomic E-state index is 2.51. The van der Waals surface area contributed by atoms with E-state index in [0.29, 0.717) is 3.63 Å². The van der Waals surface area contributed by atoms with Crippen molar-refractivity contribution in [1.29, 1.82) is 0 Å². The molecule has 0 spiro atoms. The summed E-state index contributed by atoms with van der Waals surface area (Å²) in [4.78, 5) is 1.63. The second-order valence-corrected chi connectivity index (χ2v) is 17.6. The molecule has 2 aromatic carbocycles. The topological polar surface area (TPSA) is 0 Å². The van der Waals surface area contributed by atoms with Crippen LogP contribution in [-0.2, 0) is 31.1 Å². The zero-order valence-corrected chi connectivity index (χ0v) is 27.7. The average Bonchev–Trinajstić information content (AvgIpc) is 3.52. The van der Waals surface area contributed by atoms with E-state index in [9.17, 15) is 0 Å². The van der Waals surface area contributed by atoms with E-state index < -0.39 is 8.07 Å². The fourth-order valence-electron chi connectivity index (χ4n) is 6.34. The van der Waals surface area contributed by atoms with Crippen LogP contribution in [0, 0.1) is 0 Å². The maximum Gasteiger partial charge on any atom is -1.00 e. The fraction of sp³-hybridized carbons (Fsp3) is 0.355. The third-order valence-electron chi connectivity index (χ3n) is 8.04. The largest absolute Gasteiger partial charge is 1.00 e. The fourth-order valence-corrected chi connectivity index (χ4v) is 13.4. The SMILES string of the molecule is CC1=C2c3sccc3C1[Si]2(C)C.CCCCCc1ccc(-c2cccc3c2C=C(C)[CH]3[Zr+2])cc1.[Cl-].[Cl-]. The van der Waals surface area contributed by atoms with E-state index in [1.807, 2.05) is 11.3 Å². The standard InChI is InChI=1S/C21H23.C10H12SSi.2ClH.Zr/c1-3-4-5-7-17-10-12-18(13-11-17)20-9-6-8-19-14-16(2)15-21(19)20;1-6-9-7-4-5-11-8(7)10(6)12(9,2)3;;;/h6,8-15H,3-5,7H2,1-2H3;4-5,9H,1-3H3;2*1H;/q;;;;+2/p-2. The van der Waals surface area contributed by atoms with E-state index in [1.54, 1.807) is 45.9 Å². The van der Waals surface area contributed by atoms with Crippen LogP contribution in [0.3, 0.4) is 0 Å². The van der Waals surface area contributed by atoms with Crippen molar-refractivity contribution >= 4 is 30.7 Å². The second-order valence-electron chi connectivity index (χ2n) is 10.7. The van der Waals surface area contributed by atoms with Crippen molar-refractivity contribution in [2.45, 2.75) is 68.7 Å². The first-order valence-corrected chi connectivity index (χ1v) is 18.1. The maximum absolute atomic E-state index is 2.51. The van der Waals surface area contributed by atoms with Crippen LogP contribution in [-0.4, -0.2) is 8.07 Å². The van der Waals surface area contributed by atoms with E-state index in [4.69, 9.17) is 0 Å². The molecule has 2 atom stereocenters. The van der Waals surface area contributed by atoms with Gasteiger partial charge in [0.1, 0.15) is 0 Å². The summed E-state index contributed by atoms with van der Waals surface area (Å²) >= 11 is 3.54. The first-order valence-electron chi connectivity index (χ1n) is 12.7. The van der Waals surface area contributed by atoms with Crippen molar-refractivity contribution in [3.8, 4) is 11.1 Å². The Morgan fingerprint density at radius 2 is 1.64 bits per heavy atom. The van der Waals surface area contributed by atoms with E-state index in [-0.39, 0.29) is 24.8 Å². The smallest absolute Gasteiger partial charge is 1.00 e. The molecule has 3 heterocycles. The molecule has 0 nitrogen and oxygen atoms in total. The van der Waals surface area contributed by atoms with Crippen molar-refractivity contribution in [2.24, 2.45) is 0 Å². The van der Waals surface area contributed by atoms with Crippen LogP contribution in [0.4, 0.5) is 0 Å². The molecule has 0 fully saturated rings. The Hall–Kier alpha value is -0.700. The van der Waals surface area contributed by atoms with Crippen LogP contribution >= 0.6 is 11.3 Å². The summed E-state index contributed by atoms with van der Waals surface area (Å²) in [5.74, 6) is 0. The summed E-state index contributed by atoms with van der Waals surface area (Å²) in [5.41, 5.74) is 12.9. The summed E-state index contributed by atoms with van der Waals surface area (Å²) in [6.45, 7) is 11.9. The number of thiophene rings is 1. The normalized spacial score (nSPS) is 19.7. The molecule has 0 radical (unpaired) electrons. The van der Waals surface area contributed by atoms with Crippen molar-refractivity contribution in [1.82, 2.24) is 0 Å². The Labute approximate surface area is 250 Å². The van der Waals surface area contributed by atoms with Gasteiger partial charge in [-0.05, 0) is 29.1 Å². The number of hydrogen-bond acceptors (Lipinski definition) is 1. The summed E-state index contributed by atoms with van der Waals surface area (Å²) < 4.78 is 0.649. The van der Waals surface area contributed by atoms with Crippen LogP contribution < -0.4 is 24.8 Å². The molecule has 1 aromatic heterocycles. The molecule has 4 aliphatic rings. The van der Waals surface area contributed by atoms with Crippen LogP contribution in [0.5, 0.6) is 0 Å². The minimum atomic E-state index is -0.972. The molecule has 0 N–H and O–H groups in total. The third kappa shape index (κ3) is 5.13. The quantitative estimate of drug-likeness (QED) is 0.300. The molecule has 5 heteroatoms.